The molecule has 6 nitrogen and oxygen atoms in total. The number of nitrogens with zero attached hydrogens (tertiary/aromatic N) is 1. The van der Waals surface area contributed by atoms with E-state index in [1.165, 1.54) is 11.8 Å². The predicted molar refractivity (Wildman–Crippen MR) is 92.4 cm³/mol. The molecule has 1 N–H and O–H groups in total. The van der Waals surface area contributed by atoms with Crippen LogP contribution in [-0.4, -0.2) is 47.2 Å². The Morgan fingerprint density at radius 1 is 1.25 bits per heavy atom. The van der Waals surface area contributed by atoms with E-state index in [0.29, 0.717) is 23.6 Å². The standard InChI is InChI=1S/C17H21NO5S/c1-10-11(2)17(24-9-15(19)20)18(16(10)21)8-12-5-6-13(22-3)14(7-12)23-4/h5-7,17H,8-9H2,1-4H3,(H,19,20). The zero-order valence-electron chi connectivity index (χ0n) is 14.2. The van der Waals surface area contributed by atoms with Crippen molar-refractivity contribution in [2.45, 2.75) is 25.8 Å². The zero-order chi connectivity index (χ0) is 17.9. The van der Waals surface area contributed by atoms with E-state index in [2.05, 4.69) is 0 Å². The summed E-state index contributed by atoms with van der Waals surface area (Å²) in [6.07, 6.45) is 0. The normalized spacial score (nSPS) is 17.4. The number of carbonyl (C=O) groups excluding carboxylic acids is 1. The average Bonchev–Trinajstić information content (AvgIpc) is 2.77. The lowest BCUT2D eigenvalue weighted by atomic mass is 10.2. The van der Waals surface area contributed by atoms with Crippen LogP contribution in [0.15, 0.2) is 29.3 Å². The maximum Gasteiger partial charge on any atom is 0.313 e. The molecular formula is C17H21NO5S. The number of carboxylic acids is 1. The van der Waals surface area contributed by atoms with Gasteiger partial charge in [-0.15, -0.1) is 11.8 Å². The summed E-state index contributed by atoms with van der Waals surface area (Å²) in [5.41, 5.74) is 2.48. The molecule has 1 aromatic carbocycles. The van der Waals surface area contributed by atoms with Crippen LogP contribution in [0.25, 0.3) is 0 Å². The first-order chi connectivity index (χ1) is 11.4. The molecule has 130 valence electrons. The molecule has 0 aliphatic carbocycles. The molecular weight excluding hydrogens is 330 g/mol. The van der Waals surface area contributed by atoms with E-state index in [-0.39, 0.29) is 17.0 Å². The SMILES string of the molecule is COc1ccc(CN2C(=O)C(C)=C(C)C2SCC(=O)O)cc1OC. The van der Waals surface area contributed by atoms with E-state index < -0.39 is 5.97 Å². The Morgan fingerprint density at radius 2 is 1.92 bits per heavy atom. The summed E-state index contributed by atoms with van der Waals surface area (Å²) in [7, 11) is 3.13. The minimum Gasteiger partial charge on any atom is -0.493 e. The van der Waals surface area contributed by atoms with Crippen LogP contribution >= 0.6 is 11.8 Å². The lowest BCUT2D eigenvalue weighted by molar-refractivity contribution is -0.134. The van der Waals surface area contributed by atoms with Gasteiger partial charge in [0.15, 0.2) is 11.5 Å². The van der Waals surface area contributed by atoms with Crippen LogP contribution in [0, 0.1) is 0 Å². The van der Waals surface area contributed by atoms with Gasteiger partial charge in [-0.3, -0.25) is 9.59 Å². The number of hydrogen-bond acceptors (Lipinski definition) is 5. The van der Waals surface area contributed by atoms with Gasteiger partial charge in [0.1, 0.15) is 5.37 Å². The lowest BCUT2D eigenvalue weighted by Crippen LogP contribution is -2.33. The first-order valence-electron chi connectivity index (χ1n) is 7.41. The Kier molecular flexibility index (Phi) is 5.77. The third-order valence-electron chi connectivity index (χ3n) is 3.99. The van der Waals surface area contributed by atoms with Gasteiger partial charge >= 0.3 is 5.97 Å². The van der Waals surface area contributed by atoms with Gasteiger partial charge in [0.05, 0.1) is 20.0 Å². The van der Waals surface area contributed by atoms with Crippen molar-refractivity contribution in [3.8, 4) is 11.5 Å². The molecule has 0 bridgehead atoms. The van der Waals surface area contributed by atoms with Crippen molar-refractivity contribution < 1.29 is 24.2 Å². The number of hydrogen-bond donors (Lipinski definition) is 1. The van der Waals surface area contributed by atoms with E-state index in [9.17, 15) is 9.59 Å². The fourth-order valence-electron chi connectivity index (χ4n) is 2.61. The van der Waals surface area contributed by atoms with Gasteiger partial charge in [-0.1, -0.05) is 6.07 Å². The van der Waals surface area contributed by atoms with Crippen LogP contribution in [-0.2, 0) is 16.1 Å². The summed E-state index contributed by atoms with van der Waals surface area (Å²) in [6.45, 7) is 4.03. The third-order valence-corrected chi connectivity index (χ3v) is 5.33. The van der Waals surface area contributed by atoms with Gasteiger partial charge in [0.2, 0.25) is 0 Å². The average molecular weight is 351 g/mol. The Bertz CT molecular complexity index is 686. The molecule has 7 heteroatoms. The monoisotopic (exact) mass is 351 g/mol. The maximum absolute atomic E-state index is 12.5. The van der Waals surface area contributed by atoms with Crippen LogP contribution in [0.3, 0.4) is 0 Å². The largest absolute Gasteiger partial charge is 0.493 e. The van der Waals surface area contributed by atoms with Crippen LogP contribution in [0.2, 0.25) is 0 Å². The van der Waals surface area contributed by atoms with Crippen LogP contribution in [0.1, 0.15) is 19.4 Å². The summed E-state index contributed by atoms with van der Waals surface area (Å²) in [5.74, 6) is 0.209. The molecule has 1 aromatic rings. The Balaban J connectivity index is 2.23. The van der Waals surface area contributed by atoms with Gasteiger partial charge in [0, 0.05) is 12.1 Å². The molecule has 1 atom stereocenters. The number of thioether (sulfide) groups is 1. The summed E-state index contributed by atoms with van der Waals surface area (Å²) >= 11 is 1.24. The molecule has 1 unspecified atom stereocenters. The Labute approximate surface area is 145 Å². The number of benzene rings is 1. The fourth-order valence-corrected chi connectivity index (χ4v) is 3.68. The first-order valence-corrected chi connectivity index (χ1v) is 8.46. The van der Waals surface area contributed by atoms with Crippen LogP contribution in [0.4, 0.5) is 0 Å². The second-order valence-electron chi connectivity index (χ2n) is 5.49. The minimum atomic E-state index is -0.893. The molecule has 0 spiro atoms. The minimum absolute atomic E-state index is 0.0506. The van der Waals surface area contributed by atoms with Gasteiger partial charge in [-0.05, 0) is 37.1 Å². The molecule has 0 fully saturated rings. The number of rotatable bonds is 7. The molecule has 1 aliphatic rings. The highest BCUT2D eigenvalue weighted by Gasteiger charge is 2.35. The highest BCUT2D eigenvalue weighted by Crippen LogP contribution is 2.35. The number of methoxy groups -OCH3 is 2. The summed E-state index contributed by atoms with van der Waals surface area (Å²) in [6, 6.07) is 5.49. The molecule has 1 amide bonds. The Hall–Kier alpha value is -2.15. The van der Waals surface area contributed by atoms with Gasteiger partial charge < -0.3 is 19.5 Å². The predicted octanol–water partition coefficient (Wildman–Crippen LogP) is 2.53. The molecule has 1 heterocycles. The van der Waals surface area contributed by atoms with Crippen molar-refractivity contribution in [2.75, 3.05) is 20.0 Å². The van der Waals surface area contributed by atoms with Gasteiger partial charge in [-0.2, -0.15) is 0 Å². The van der Waals surface area contributed by atoms with Gasteiger partial charge in [-0.25, -0.2) is 0 Å². The highest BCUT2D eigenvalue weighted by molar-refractivity contribution is 8.00. The number of aliphatic carboxylic acids is 1. The second kappa shape index (κ2) is 7.61. The smallest absolute Gasteiger partial charge is 0.313 e. The van der Waals surface area contributed by atoms with Crippen molar-refractivity contribution in [3.05, 3.63) is 34.9 Å². The summed E-state index contributed by atoms with van der Waals surface area (Å²) in [5, 5.41) is 8.66. The van der Waals surface area contributed by atoms with E-state index in [4.69, 9.17) is 14.6 Å². The van der Waals surface area contributed by atoms with Crippen molar-refractivity contribution in [1.82, 2.24) is 4.90 Å². The summed E-state index contributed by atoms with van der Waals surface area (Å²) < 4.78 is 10.5. The topological polar surface area (TPSA) is 76.1 Å². The van der Waals surface area contributed by atoms with E-state index in [0.717, 1.165) is 11.1 Å². The fraction of sp³-hybridized carbons (Fsp3) is 0.412. The summed E-state index contributed by atoms with van der Waals surface area (Å²) in [4.78, 5) is 25.1. The molecule has 0 radical (unpaired) electrons. The lowest BCUT2D eigenvalue weighted by Gasteiger charge is -2.26. The number of amides is 1. The first kappa shape index (κ1) is 18.2. The molecule has 1 aliphatic heterocycles. The number of carbonyl (C=O) groups is 2. The Morgan fingerprint density at radius 3 is 2.50 bits per heavy atom. The highest BCUT2D eigenvalue weighted by atomic mass is 32.2. The van der Waals surface area contributed by atoms with Crippen molar-refractivity contribution in [2.24, 2.45) is 0 Å². The quantitative estimate of drug-likeness (QED) is 0.813. The van der Waals surface area contributed by atoms with Crippen molar-refractivity contribution in [3.63, 3.8) is 0 Å². The molecule has 2 rings (SSSR count). The van der Waals surface area contributed by atoms with Crippen molar-refractivity contribution in [1.29, 1.82) is 0 Å². The van der Waals surface area contributed by atoms with Crippen LogP contribution < -0.4 is 9.47 Å². The van der Waals surface area contributed by atoms with Crippen LogP contribution in [0.5, 0.6) is 11.5 Å². The number of ether oxygens (including phenoxy) is 2. The van der Waals surface area contributed by atoms with E-state index in [1.54, 1.807) is 32.1 Å². The third kappa shape index (κ3) is 3.67. The van der Waals surface area contributed by atoms with E-state index >= 15 is 0 Å². The van der Waals surface area contributed by atoms with E-state index in [1.807, 2.05) is 19.1 Å². The van der Waals surface area contributed by atoms with Crippen molar-refractivity contribution >= 4 is 23.6 Å². The van der Waals surface area contributed by atoms with Gasteiger partial charge in [0.25, 0.3) is 5.91 Å². The number of carboxylic acid groups (broad SMARTS) is 1. The molecule has 0 saturated heterocycles. The zero-order valence-corrected chi connectivity index (χ0v) is 15.0. The molecule has 24 heavy (non-hydrogen) atoms. The second-order valence-corrected chi connectivity index (χ2v) is 6.56. The molecule has 0 saturated carbocycles. The maximum atomic E-state index is 12.5. The molecule has 0 aromatic heterocycles.